The predicted octanol–water partition coefficient (Wildman–Crippen LogP) is 4.03. The van der Waals surface area contributed by atoms with E-state index in [9.17, 15) is 9.18 Å². The highest BCUT2D eigenvalue weighted by molar-refractivity contribution is 6.30. The maximum absolute atomic E-state index is 13.4. The third-order valence-electron chi connectivity index (χ3n) is 2.35. The van der Waals surface area contributed by atoms with Crippen LogP contribution in [0.1, 0.15) is 11.5 Å². The Bertz CT molecular complexity index is 634. The fourth-order valence-corrected chi connectivity index (χ4v) is 1.62. The Morgan fingerprint density at radius 2 is 2.16 bits per heavy atom. The van der Waals surface area contributed by atoms with Gasteiger partial charge in [0.1, 0.15) is 17.3 Å². The first-order chi connectivity index (χ1) is 9.04. The molecule has 2 aromatic rings. The summed E-state index contributed by atoms with van der Waals surface area (Å²) in [5.74, 6) is 0.284. The molecule has 0 atom stereocenters. The molecule has 0 saturated carbocycles. The van der Waals surface area contributed by atoms with E-state index in [1.54, 1.807) is 19.1 Å². The van der Waals surface area contributed by atoms with Crippen molar-refractivity contribution in [3.63, 3.8) is 0 Å². The van der Waals surface area contributed by atoms with Gasteiger partial charge in [-0.15, -0.1) is 0 Å². The van der Waals surface area contributed by atoms with E-state index >= 15 is 0 Å². The Morgan fingerprint density at radius 1 is 1.37 bits per heavy atom. The van der Waals surface area contributed by atoms with Crippen molar-refractivity contribution in [3.8, 4) is 0 Å². The summed E-state index contributed by atoms with van der Waals surface area (Å²) < 4.78 is 18.7. The monoisotopic (exact) mass is 279 g/mol. The van der Waals surface area contributed by atoms with Crippen LogP contribution in [0.15, 0.2) is 40.8 Å². The molecule has 0 radical (unpaired) electrons. The lowest BCUT2D eigenvalue weighted by molar-refractivity contribution is -0.111. The normalized spacial score (nSPS) is 10.9. The van der Waals surface area contributed by atoms with Gasteiger partial charge in [0, 0.05) is 11.1 Å². The first-order valence-electron chi connectivity index (χ1n) is 5.55. The van der Waals surface area contributed by atoms with Gasteiger partial charge in [-0.2, -0.15) is 0 Å². The van der Waals surface area contributed by atoms with Crippen molar-refractivity contribution in [2.45, 2.75) is 6.92 Å². The van der Waals surface area contributed by atoms with E-state index in [1.807, 2.05) is 0 Å². The molecule has 0 saturated heterocycles. The van der Waals surface area contributed by atoms with E-state index in [0.717, 1.165) is 11.8 Å². The molecule has 1 heterocycles. The number of carbonyl (C=O) groups excluding carboxylic acids is 1. The lowest BCUT2D eigenvalue weighted by Gasteiger charge is -2.03. The number of nitrogens with one attached hydrogen (secondary N) is 1. The molecule has 5 heteroatoms. The number of furan rings is 1. The molecule has 1 aromatic carbocycles. The van der Waals surface area contributed by atoms with E-state index in [4.69, 9.17) is 16.0 Å². The van der Waals surface area contributed by atoms with Crippen molar-refractivity contribution >= 4 is 29.3 Å². The van der Waals surface area contributed by atoms with Crippen LogP contribution in [0.4, 0.5) is 10.1 Å². The van der Waals surface area contributed by atoms with E-state index in [1.165, 1.54) is 24.3 Å². The molecule has 0 fully saturated rings. The van der Waals surface area contributed by atoms with Gasteiger partial charge in [0.05, 0.1) is 5.69 Å². The molecular formula is C14H11ClFNO2. The molecule has 98 valence electrons. The zero-order valence-electron chi connectivity index (χ0n) is 10.1. The second kappa shape index (κ2) is 5.71. The number of amides is 1. The average Bonchev–Trinajstić information content (AvgIpc) is 2.76. The number of carbonyl (C=O) groups is 1. The minimum absolute atomic E-state index is 0.0784. The maximum atomic E-state index is 13.4. The summed E-state index contributed by atoms with van der Waals surface area (Å²) in [5.41, 5.74) is 0.0784. The Kier molecular flexibility index (Phi) is 4.02. The summed E-state index contributed by atoms with van der Waals surface area (Å²) in [5, 5.41) is 2.69. The smallest absolute Gasteiger partial charge is 0.248 e. The maximum Gasteiger partial charge on any atom is 0.248 e. The van der Waals surface area contributed by atoms with Crippen LogP contribution in [-0.2, 0) is 4.79 Å². The summed E-state index contributed by atoms with van der Waals surface area (Å²) in [6.07, 6.45) is 2.78. The van der Waals surface area contributed by atoms with Crippen molar-refractivity contribution in [2.75, 3.05) is 5.32 Å². The molecule has 1 N–H and O–H groups in total. The molecule has 3 nitrogen and oxygen atoms in total. The SMILES string of the molecule is Cc1ccc(C=CC(=O)Nc2ccc(Cl)cc2F)o1. The Morgan fingerprint density at radius 3 is 2.79 bits per heavy atom. The van der Waals surface area contributed by atoms with Crippen LogP contribution in [0.3, 0.4) is 0 Å². The van der Waals surface area contributed by atoms with Crippen LogP contribution in [0.5, 0.6) is 0 Å². The quantitative estimate of drug-likeness (QED) is 0.862. The van der Waals surface area contributed by atoms with Crippen LogP contribution in [0.2, 0.25) is 5.02 Å². The van der Waals surface area contributed by atoms with Crippen LogP contribution in [-0.4, -0.2) is 5.91 Å². The molecule has 0 aliphatic heterocycles. The van der Waals surface area contributed by atoms with E-state index in [0.29, 0.717) is 5.76 Å². The first kappa shape index (κ1) is 13.4. The van der Waals surface area contributed by atoms with Crippen molar-refractivity contribution in [3.05, 3.63) is 58.8 Å². The molecule has 0 aliphatic carbocycles. The second-order valence-corrected chi connectivity index (χ2v) is 4.33. The highest BCUT2D eigenvalue weighted by Crippen LogP contribution is 2.18. The number of benzene rings is 1. The molecule has 19 heavy (non-hydrogen) atoms. The molecule has 1 amide bonds. The zero-order valence-corrected chi connectivity index (χ0v) is 10.9. The van der Waals surface area contributed by atoms with E-state index in [2.05, 4.69) is 5.32 Å². The topological polar surface area (TPSA) is 42.2 Å². The summed E-state index contributed by atoms with van der Waals surface area (Å²) in [4.78, 5) is 11.6. The molecule has 0 aliphatic rings. The third-order valence-corrected chi connectivity index (χ3v) is 2.58. The molecular weight excluding hydrogens is 269 g/mol. The number of anilines is 1. The van der Waals surface area contributed by atoms with Gasteiger partial charge in [0.15, 0.2) is 0 Å². The van der Waals surface area contributed by atoms with Crippen molar-refractivity contribution < 1.29 is 13.6 Å². The summed E-state index contributed by atoms with van der Waals surface area (Å²) in [7, 11) is 0. The van der Waals surface area contributed by atoms with Gasteiger partial charge >= 0.3 is 0 Å². The van der Waals surface area contributed by atoms with Gasteiger partial charge in [-0.3, -0.25) is 4.79 Å². The van der Waals surface area contributed by atoms with Gasteiger partial charge in [-0.1, -0.05) is 11.6 Å². The van der Waals surface area contributed by atoms with Gasteiger partial charge < -0.3 is 9.73 Å². The van der Waals surface area contributed by atoms with Gasteiger partial charge in [-0.25, -0.2) is 4.39 Å². The van der Waals surface area contributed by atoms with Crippen molar-refractivity contribution in [1.82, 2.24) is 0 Å². The van der Waals surface area contributed by atoms with Gasteiger partial charge in [0.2, 0.25) is 5.91 Å². The number of halogens is 2. The van der Waals surface area contributed by atoms with Gasteiger partial charge in [-0.05, 0) is 43.3 Å². The average molecular weight is 280 g/mol. The number of aryl methyl sites for hydroxylation is 1. The molecule has 0 unspecified atom stereocenters. The van der Waals surface area contributed by atoms with Crippen LogP contribution < -0.4 is 5.32 Å². The van der Waals surface area contributed by atoms with Crippen LogP contribution >= 0.6 is 11.6 Å². The van der Waals surface area contributed by atoms with Crippen molar-refractivity contribution in [1.29, 1.82) is 0 Å². The first-order valence-corrected chi connectivity index (χ1v) is 5.93. The zero-order chi connectivity index (χ0) is 13.8. The van der Waals surface area contributed by atoms with Crippen LogP contribution in [0.25, 0.3) is 6.08 Å². The summed E-state index contributed by atoms with van der Waals surface area (Å²) >= 11 is 5.62. The Hall–Kier alpha value is -2.07. The molecule has 1 aromatic heterocycles. The Labute approximate surface area is 114 Å². The highest BCUT2D eigenvalue weighted by atomic mass is 35.5. The fraction of sp³-hybridized carbons (Fsp3) is 0.0714. The minimum Gasteiger partial charge on any atom is -0.462 e. The van der Waals surface area contributed by atoms with Crippen LogP contribution in [0, 0.1) is 12.7 Å². The molecule has 0 spiro atoms. The number of rotatable bonds is 3. The predicted molar refractivity (Wildman–Crippen MR) is 72.5 cm³/mol. The lowest BCUT2D eigenvalue weighted by Crippen LogP contribution is -2.09. The summed E-state index contributed by atoms with van der Waals surface area (Å²) in [6, 6.07) is 7.56. The van der Waals surface area contributed by atoms with E-state index < -0.39 is 11.7 Å². The standard InChI is InChI=1S/C14H11ClFNO2/c1-9-2-4-11(19-9)5-7-14(18)17-13-6-3-10(15)8-12(13)16/h2-8H,1H3,(H,17,18). The molecule has 0 bridgehead atoms. The number of hydrogen-bond acceptors (Lipinski definition) is 2. The Balaban J connectivity index is 2.03. The third kappa shape index (κ3) is 3.69. The molecule has 2 rings (SSSR count). The fourth-order valence-electron chi connectivity index (χ4n) is 1.47. The van der Waals surface area contributed by atoms with Crippen molar-refractivity contribution in [2.24, 2.45) is 0 Å². The second-order valence-electron chi connectivity index (χ2n) is 3.90. The lowest BCUT2D eigenvalue weighted by atomic mass is 10.3. The summed E-state index contributed by atoms with van der Waals surface area (Å²) in [6.45, 7) is 1.81. The largest absolute Gasteiger partial charge is 0.462 e. The highest BCUT2D eigenvalue weighted by Gasteiger charge is 2.05. The van der Waals surface area contributed by atoms with E-state index in [-0.39, 0.29) is 10.7 Å². The van der Waals surface area contributed by atoms with Gasteiger partial charge in [0.25, 0.3) is 0 Å². The minimum atomic E-state index is -0.580. The number of hydrogen-bond donors (Lipinski definition) is 1.